The fourth-order valence-electron chi connectivity index (χ4n) is 1.45. The maximum absolute atomic E-state index is 10.7. The smallest absolute Gasteiger partial charge is 0.305 e. The molecule has 0 radical (unpaired) electrons. The molecule has 0 aliphatic carbocycles. The number of carbonyl (C=O) groups is 1. The summed E-state index contributed by atoms with van der Waals surface area (Å²) in [6.45, 7) is 3.57. The zero-order valence-electron chi connectivity index (χ0n) is 8.50. The van der Waals surface area contributed by atoms with E-state index >= 15 is 0 Å². The predicted octanol–water partition coefficient (Wildman–Crippen LogP) is 0.892. The zero-order valence-corrected chi connectivity index (χ0v) is 8.50. The van der Waals surface area contributed by atoms with Gasteiger partial charge >= 0.3 is 5.97 Å². The molecule has 1 aromatic rings. The first-order valence-corrected chi connectivity index (χ1v) is 4.32. The van der Waals surface area contributed by atoms with Crippen LogP contribution in [0.4, 0.5) is 0 Å². The maximum Gasteiger partial charge on any atom is 0.305 e. The molecule has 0 fully saturated rings. The summed E-state index contributed by atoms with van der Waals surface area (Å²) in [5.74, 6) is -0.217. The molecule has 0 saturated carbocycles. The van der Waals surface area contributed by atoms with Gasteiger partial charge in [-0.1, -0.05) is 5.16 Å². The zero-order chi connectivity index (χ0) is 10.8. The van der Waals surface area contributed by atoms with Gasteiger partial charge in [-0.2, -0.15) is 0 Å². The molecule has 0 spiro atoms. The number of nitrogens with zero attached hydrogens (tertiary/aromatic N) is 1. The Hall–Kier alpha value is -1.36. The van der Waals surface area contributed by atoms with E-state index in [1.807, 2.05) is 0 Å². The van der Waals surface area contributed by atoms with E-state index in [9.17, 15) is 4.79 Å². The van der Waals surface area contributed by atoms with Crippen LogP contribution in [0.1, 0.15) is 24.7 Å². The Kier molecular flexibility index (Phi) is 2.90. The Morgan fingerprint density at radius 2 is 2.43 bits per heavy atom. The largest absolute Gasteiger partial charge is 0.481 e. The summed E-state index contributed by atoms with van der Waals surface area (Å²) in [5.41, 5.74) is 0.151. The van der Waals surface area contributed by atoms with Crippen LogP contribution in [-0.4, -0.2) is 23.3 Å². The number of hydrogen-bond acceptors (Lipinski definition) is 4. The van der Waals surface area contributed by atoms with Gasteiger partial charge in [0.15, 0.2) is 0 Å². The lowest BCUT2D eigenvalue weighted by atomic mass is 9.89. The average Bonchev–Trinajstić information content (AvgIpc) is 2.50. The minimum absolute atomic E-state index is 0.00838. The van der Waals surface area contributed by atoms with Crippen LogP contribution in [0.5, 0.6) is 0 Å². The van der Waals surface area contributed by atoms with Gasteiger partial charge in [0.25, 0.3) is 0 Å². The molecule has 0 amide bonds. The van der Waals surface area contributed by atoms with Crippen molar-refractivity contribution in [1.82, 2.24) is 10.5 Å². The quantitative estimate of drug-likeness (QED) is 0.751. The molecule has 14 heavy (non-hydrogen) atoms. The molecule has 78 valence electrons. The highest BCUT2D eigenvalue weighted by molar-refractivity contribution is 5.68. The first kappa shape index (κ1) is 10.7. The average molecular weight is 198 g/mol. The van der Waals surface area contributed by atoms with Crippen molar-refractivity contribution in [2.75, 3.05) is 7.05 Å². The van der Waals surface area contributed by atoms with Crippen molar-refractivity contribution in [2.24, 2.45) is 0 Å². The summed E-state index contributed by atoms with van der Waals surface area (Å²) >= 11 is 0. The summed E-state index contributed by atoms with van der Waals surface area (Å²) in [4.78, 5) is 10.7. The second-order valence-electron chi connectivity index (χ2n) is 3.45. The molecule has 2 N–H and O–H groups in total. The van der Waals surface area contributed by atoms with Gasteiger partial charge < -0.3 is 14.9 Å². The van der Waals surface area contributed by atoms with Crippen molar-refractivity contribution in [3.63, 3.8) is 0 Å². The standard InChI is InChI=1S/C9H14N2O3/c1-6-7(5-11-14-6)9(2,10-3)4-8(12)13/h5,10H,4H2,1-3H3,(H,12,13). The molecule has 0 aliphatic rings. The van der Waals surface area contributed by atoms with Crippen molar-refractivity contribution < 1.29 is 14.4 Å². The number of aromatic nitrogens is 1. The summed E-state index contributed by atoms with van der Waals surface area (Å²) in [7, 11) is 1.72. The Bertz CT molecular complexity index is 335. The molecular weight excluding hydrogens is 184 g/mol. The Balaban J connectivity index is 3.01. The lowest BCUT2D eigenvalue weighted by molar-refractivity contribution is -0.138. The molecule has 1 rings (SSSR count). The van der Waals surface area contributed by atoms with Crippen LogP contribution in [-0.2, 0) is 10.3 Å². The number of aliphatic carboxylic acids is 1. The van der Waals surface area contributed by atoms with E-state index in [4.69, 9.17) is 9.63 Å². The van der Waals surface area contributed by atoms with E-state index in [1.54, 1.807) is 27.1 Å². The van der Waals surface area contributed by atoms with Gasteiger partial charge in [-0.25, -0.2) is 0 Å². The fourth-order valence-corrected chi connectivity index (χ4v) is 1.45. The van der Waals surface area contributed by atoms with Gasteiger partial charge in [0, 0.05) is 5.56 Å². The second-order valence-corrected chi connectivity index (χ2v) is 3.45. The number of hydrogen-bond donors (Lipinski definition) is 2. The van der Waals surface area contributed by atoms with Crippen molar-refractivity contribution in [3.05, 3.63) is 17.5 Å². The highest BCUT2D eigenvalue weighted by Crippen LogP contribution is 2.26. The molecule has 1 unspecified atom stereocenters. The lowest BCUT2D eigenvalue weighted by Crippen LogP contribution is -2.39. The van der Waals surface area contributed by atoms with E-state index < -0.39 is 11.5 Å². The van der Waals surface area contributed by atoms with Crippen molar-refractivity contribution >= 4 is 5.97 Å². The van der Waals surface area contributed by atoms with Gasteiger partial charge in [0.1, 0.15) is 5.76 Å². The molecule has 0 saturated heterocycles. The number of aryl methyl sites for hydroxylation is 1. The number of carboxylic acids is 1. The first-order valence-electron chi connectivity index (χ1n) is 4.32. The van der Waals surface area contributed by atoms with Gasteiger partial charge in [-0.3, -0.25) is 4.79 Å². The number of carboxylic acid groups (broad SMARTS) is 1. The Labute approximate surface area is 82.1 Å². The van der Waals surface area contributed by atoms with E-state index in [2.05, 4.69) is 10.5 Å². The summed E-state index contributed by atoms with van der Waals surface area (Å²) in [6.07, 6.45) is 1.54. The maximum atomic E-state index is 10.7. The molecular formula is C9H14N2O3. The van der Waals surface area contributed by atoms with Gasteiger partial charge in [-0.05, 0) is 20.9 Å². The van der Waals surface area contributed by atoms with E-state index in [0.29, 0.717) is 5.76 Å². The third kappa shape index (κ3) is 1.93. The van der Waals surface area contributed by atoms with E-state index in [0.717, 1.165) is 5.56 Å². The van der Waals surface area contributed by atoms with Gasteiger partial charge in [0.05, 0.1) is 18.2 Å². The molecule has 1 atom stereocenters. The van der Waals surface area contributed by atoms with Crippen LogP contribution < -0.4 is 5.32 Å². The second kappa shape index (κ2) is 3.79. The monoisotopic (exact) mass is 198 g/mol. The number of nitrogens with one attached hydrogen (secondary N) is 1. The Morgan fingerprint density at radius 3 is 2.79 bits per heavy atom. The van der Waals surface area contributed by atoms with Crippen molar-refractivity contribution in [1.29, 1.82) is 0 Å². The van der Waals surface area contributed by atoms with Crippen LogP contribution in [0.15, 0.2) is 10.7 Å². The van der Waals surface area contributed by atoms with Gasteiger partial charge in [-0.15, -0.1) is 0 Å². The molecule has 1 heterocycles. The van der Waals surface area contributed by atoms with Gasteiger partial charge in [0.2, 0.25) is 0 Å². The highest BCUT2D eigenvalue weighted by atomic mass is 16.5. The third-order valence-electron chi connectivity index (χ3n) is 2.40. The first-order chi connectivity index (χ1) is 6.49. The van der Waals surface area contributed by atoms with Crippen LogP contribution >= 0.6 is 0 Å². The van der Waals surface area contributed by atoms with Crippen LogP contribution in [0.3, 0.4) is 0 Å². The van der Waals surface area contributed by atoms with Crippen LogP contribution in [0.2, 0.25) is 0 Å². The Morgan fingerprint density at radius 1 is 1.79 bits per heavy atom. The van der Waals surface area contributed by atoms with Crippen LogP contribution in [0.25, 0.3) is 0 Å². The fraction of sp³-hybridized carbons (Fsp3) is 0.556. The number of rotatable bonds is 4. The molecule has 0 bridgehead atoms. The molecule has 0 aliphatic heterocycles. The third-order valence-corrected chi connectivity index (χ3v) is 2.40. The molecule has 1 aromatic heterocycles. The normalized spacial score (nSPS) is 15.1. The van der Waals surface area contributed by atoms with E-state index in [1.165, 1.54) is 0 Å². The van der Waals surface area contributed by atoms with E-state index in [-0.39, 0.29) is 6.42 Å². The highest BCUT2D eigenvalue weighted by Gasteiger charge is 2.31. The van der Waals surface area contributed by atoms with Crippen molar-refractivity contribution in [2.45, 2.75) is 25.8 Å². The summed E-state index contributed by atoms with van der Waals surface area (Å²) in [6, 6.07) is 0. The summed E-state index contributed by atoms with van der Waals surface area (Å²) < 4.78 is 4.91. The molecule has 5 heteroatoms. The predicted molar refractivity (Wildman–Crippen MR) is 49.9 cm³/mol. The SMILES string of the molecule is CNC(C)(CC(=O)O)c1cnoc1C. The minimum atomic E-state index is -0.859. The summed E-state index contributed by atoms with van der Waals surface area (Å²) in [5, 5.41) is 15.4. The molecule has 5 nitrogen and oxygen atoms in total. The lowest BCUT2D eigenvalue weighted by Gasteiger charge is -2.26. The van der Waals surface area contributed by atoms with Crippen LogP contribution in [0, 0.1) is 6.92 Å². The molecule has 0 aromatic carbocycles. The minimum Gasteiger partial charge on any atom is -0.481 e. The topological polar surface area (TPSA) is 75.4 Å². The van der Waals surface area contributed by atoms with Crippen molar-refractivity contribution in [3.8, 4) is 0 Å².